The smallest absolute Gasteiger partial charge is 0.371 e. The highest BCUT2D eigenvalue weighted by Gasteiger charge is 2.31. The molecule has 2 fully saturated rings. The second-order valence-electron chi connectivity index (χ2n) is 5.94. The van der Waals surface area contributed by atoms with E-state index in [1.165, 1.54) is 25.7 Å². The zero-order valence-electron chi connectivity index (χ0n) is 11.7. The van der Waals surface area contributed by atoms with Gasteiger partial charge in [0.2, 0.25) is 5.76 Å². The quantitative estimate of drug-likeness (QED) is 0.832. The Morgan fingerprint density at radius 3 is 2.85 bits per heavy atom. The van der Waals surface area contributed by atoms with Crippen molar-refractivity contribution in [2.24, 2.45) is 5.92 Å². The number of carboxylic acid groups (broad SMARTS) is 1. The minimum atomic E-state index is -0.995. The molecule has 0 amide bonds. The van der Waals surface area contributed by atoms with E-state index in [9.17, 15) is 4.79 Å². The third-order valence-corrected chi connectivity index (χ3v) is 4.19. The summed E-state index contributed by atoms with van der Waals surface area (Å²) in [6, 6.07) is 4.00. The molecule has 3 rings (SSSR count). The van der Waals surface area contributed by atoms with Gasteiger partial charge in [0.15, 0.2) is 0 Å². The molecular weight excluding hydrogens is 256 g/mol. The van der Waals surface area contributed by atoms with Gasteiger partial charge < -0.3 is 14.8 Å². The predicted molar refractivity (Wildman–Crippen MR) is 74.7 cm³/mol. The first kappa shape index (κ1) is 13.6. The summed E-state index contributed by atoms with van der Waals surface area (Å²) < 4.78 is 5.39. The Kier molecular flexibility index (Phi) is 4.08. The summed E-state index contributed by atoms with van der Waals surface area (Å²) in [7, 11) is 0. The molecule has 110 valence electrons. The molecule has 20 heavy (non-hydrogen) atoms. The van der Waals surface area contributed by atoms with Crippen LogP contribution in [0, 0.1) is 5.92 Å². The van der Waals surface area contributed by atoms with Crippen LogP contribution in [0.5, 0.6) is 0 Å². The molecular formula is C15H22N2O3. The average Bonchev–Trinajstić information content (AvgIpc) is 3.19. The van der Waals surface area contributed by atoms with Crippen molar-refractivity contribution in [3.05, 3.63) is 23.7 Å². The lowest BCUT2D eigenvalue weighted by atomic mass is 9.99. The van der Waals surface area contributed by atoms with E-state index < -0.39 is 5.97 Å². The summed E-state index contributed by atoms with van der Waals surface area (Å²) in [5.74, 6) is 0.511. The molecule has 1 atom stereocenters. The van der Waals surface area contributed by atoms with Gasteiger partial charge in [-0.1, -0.05) is 0 Å². The Balaban J connectivity index is 1.59. The van der Waals surface area contributed by atoms with Gasteiger partial charge in [-0.3, -0.25) is 4.90 Å². The topological polar surface area (TPSA) is 65.7 Å². The van der Waals surface area contributed by atoms with E-state index in [1.54, 1.807) is 12.1 Å². The van der Waals surface area contributed by atoms with Crippen molar-refractivity contribution >= 4 is 5.97 Å². The van der Waals surface area contributed by atoms with Crippen LogP contribution in [-0.4, -0.2) is 41.7 Å². The first-order valence-corrected chi connectivity index (χ1v) is 7.49. The van der Waals surface area contributed by atoms with Gasteiger partial charge in [0, 0.05) is 12.6 Å². The Hall–Kier alpha value is -1.33. The van der Waals surface area contributed by atoms with Gasteiger partial charge in [-0.05, 0) is 56.8 Å². The second kappa shape index (κ2) is 5.97. The summed E-state index contributed by atoms with van der Waals surface area (Å²) >= 11 is 0. The van der Waals surface area contributed by atoms with Crippen molar-refractivity contribution < 1.29 is 14.3 Å². The number of hydrogen-bond donors (Lipinski definition) is 2. The molecule has 0 bridgehead atoms. The van der Waals surface area contributed by atoms with Gasteiger partial charge in [-0.25, -0.2) is 4.79 Å². The predicted octanol–water partition coefficient (Wildman–Crippen LogP) is 1.94. The van der Waals surface area contributed by atoms with Crippen LogP contribution in [0.25, 0.3) is 0 Å². The minimum absolute atomic E-state index is 0.0371. The minimum Gasteiger partial charge on any atom is -0.475 e. The highest BCUT2D eigenvalue weighted by Crippen LogP contribution is 2.30. The maximum absolute atomic E-state index is 10.8. The molecule has 1 saturated heterocycles. The van der Waals surface area contributed by atoms with Crippen LogP contribution >= 0.6 is 0 Å². The van der Waals surface area contributed by atoms with E-state index >= 15 is 0 Å². The van der Waals surface area contributed by atoms with Gasteiger partial charge >= 0.3 is 5.97 Å². The Morgan fingerprint density at radius 1 is 1.40 bits per heavy atom. The van der Waals surface area contributed by atoms with Crippen molar-refractivity contribution in [1.82, 2.24) is 10.2 Å². The van der Waals surface area contributed by atoms with Crippen LogP contribution in [0.4, 0.5) is 0 Å². The Morgan fingerprint density at radius 2 is 2.25 bits per heavy atom. The largest absolute Gasteiger partial charge is 0.475 e. The Labute approximate surface area is 118 Å². The molecule has 0 aromatic carbocycles. The monoisotopic (exact) mass is 278 g/mol. The standard InChI is InChI=1S/C15H22N2O3/c18-15(19)14-6-5-13(20-14)10-17(12-3-4-12)9-11-2-1-7-16-8-11/h5-6,11-12,16H,1-4,7-10H2,(H,18,19). The van der Waals surface area contributed by atoms with E-state index in [4.69, 9.17) is 9.52 Å². The summed E-state index contributed by atoms with van der Waals surface area (Å²) in [6.07, 6.45) is 5.06. The van der Waals surface area contributed by atoms with E-state index in [-0.39, 0.29) is 5.76 Å². The van der Waals surface area contributed by atoms with Crippen molar-refractivity contribution in [2.45, 2.75) is 38.3 Å². The second-order valence-corrected chi connectivity index (χ2v) is 5.94. The number of rotatable bonds is 6. The maximum atomic E-state index is 10.8. The summed E-state index contributed by atoms with van der Waals surface area (Å²) in [6.45, 7) is 4.05. The van der Waals surface area contributed by atoms with Gasteiger partial charge in [0.1, 0.15) is 5.76 Å². The fourth-order valence-corrected chi connectivity index (χ4v) is 2.97. The van der Waals surface area contributed by atoms with Gasteiger partial charge in [-0.15, -0.1) is 0 Å². The van der Waals surface area contributed by atoms with Crippen LogP contribution in [-0.2, 0) is 6.54 Å². The lowest BCUT2D eigenvalue weighted by Gasteiger charge is -2.29. The first-order chi connectivity index (χ1) is 9.72. The number of furan rings is 1. The van der Waals surface area contributed by atoms with Crippen LogP contribution in [0.15, 0.2) is 16.5 Å². The number of aromatic carboxylic acids is 1. The van der Waals surface area contributed by atoms with E-state index in [0.29, 0.717) is 12.0 Å². The van der Waals surface area contributed by atoms with Crippen LogP contribution < -0.4 is 5.32 Å². The molecule has 1 unspecified atom stereocenters. The third-order valence-electron chi connectivity index (χ3n) is 4.19. The number of carbonyl (C=O) groups is 1. The number of nitrogens with one attached hydrogen (secondary N) is 1. The normalized spacial score (nSPS) is 23.1. The van der Waals surface area contributed by atoms with Crippen molar-refractivity contribution in [2.75, 3.05) is 19.6 Å². The average molecular weight is 278 g/mol. The van der Waals surface area contributed by atoms with E-state index in [0.717, 1.165) is 31.9 Å². The molecule has 1 aliphatic heterocycles. The van der Waals surface area contributed by atoms with Gasteiger partial charge in [0.25, 0.3) is 0 Å². The number of carboxylic acids is 1. The van der Waals surface area contributed by atoms with Gasteiger partial charge in [-0.2, -0.15) is 0 Å². The summed E-state index contributed by atoms with van der Waals surface area (Å²) in [5, 5.41) is 12.4. The molecule has 2 aliphatic rings. The van der Waals surface area contributed by atoms with Crippen molar-refractivity contribution in [3.63, 3.8) is 0 Å². The molecule has 5 heteroatoms. The number of hydrogen-bond acceptors (Lipinski definition) is 4. The molecule has 1 saturated carbocycles. The molecule has 1 aromatic rings. The lowest BCUT2D eigenvalue weighted by molar-refractivity contribution is 0.0657. The maximum Gasteiger partial charge on any atom is 0.371 e. The fourth-order valence-electron chi connectivity index (χ4n) is 2.97. The van der Waals surface area contributed by atoms with Crippen LogP contribution in [0.1, 0.15) is 42.0 Å². The van der Waals surface area contributed by atoms with Crippen LogP contribution in [0.3, 0.4) is 0 Å². The zero-order chi connectivity index (χ0) is 13.9. The van der Waals surface area contributed by atoms with E-state index in [1.807, 2.05) is 0 Å². The third kappa shape index (κ3) is 3.41. The zero-order valence-corrected chi connectivity index (χ0v) is 11.7. The molecule has 1 aliphatic carbocycles. The first-order valence-electron chi connectivity index (χ1n) is 7.49. The summed E-state index contributed by atoms with van der Waals surface area (Å²) in [5.41, 5.74) is 0. The van der Waals surface area contributed by atoms with Gasteiger partial charge in [0.05, 0.1) is 6.54 Å². The van der Waals surface area contributed by atoms with E-state index in [2.05, 4.69) is 10.2 Å². The molecule has 2 N–H and O–H groups in total. The highest BCUT2D eigenvalue weighted by molar-refractivity contribution is 5.84. The summed E-state index contributed by atoms with van der Waals surface area (Å²) in [4.78, 5) is 13.3. The number of nitrogens with zero attached hydrogens (tertiary/aromatic N) is 1. The molecule has 0 radical (unpaired) electrons. The molecule has 2 heterocycles. The molecule has 0 spiro atoms. The lowest BCUT2D eigenvalue weighted by Crippen LogP contribution is -2.38. The SMILES string of the molecule is O=C(O)c1ccc(CN(CC2CCCNC2)C2CC2)o1. The fraction of sp³-hybridized carbons (Fsp3) is 0.667. The van der Waals surface area contributed by atoms with Crippen molar-refractivity contribution in [1.29, 1.82) is 0 Å². The van der Waals surface area contributed by atoms with Crippen molar-refractivity contribution in [3.8, 4) is 0 Å². The molecule has 1 aromatic heterocycles. The van der Waals surface area contributed by atoms with Crippen LogP contribution in [0.2, 0.25) is 0 Å². The Bertz CT molecular complexity index is 461. The number of piperidine rings is 1. The molecule has 5 nitrogen and oxygen atoms in total. The highest BCUT2D eigenvalue weighted by atomic mass is 16.4.